The van der Waals surface area contributed by atoms with Crippen LogP contribution in [0.1, 0.15) is 26.3 Å². The van der Waals surface area contributed by atoms with Gasteiger partial charge in [0.1, 0.15) is 0 Å². The Hall–Kier alpha value is -2.86. The predicted octanol–water partition coefficient (Wildman–Crippen LogP) is 7.60. The molecule has 126 valence electrons. The van der Waals surface area contributed by atoms with Gasteiger partial charge in [-0.05, 0) is 66.2 Å². The summed E-state index contributed by atoms with van der Waals surface area (Å²) in [6.45, 7) is 6.91. The topological polar surface area (TPSA) is 0 Å². The predicted molar refractivity (Wildman–Crippen MR) is 115 cm³/mol. The average Bonchev–Trinajstić information content (AvgIpc) is 2.65. The van der Waals surface area contributed by atoms with Crippen LogP contribution in [-0.2, 0) is 5.41 Å². The van der Waals surface area contributed by atoms with E-state index in [-0.39, 0.29) is 5.41 Å². The van der Waals surface area contributed by atoms with Crippen LogP contribution in [0.15, 0.2) is 78.9 Å². The number of hydrogen-bond acceptors (Lipinski definition) is 0. The number of hydrogen-bond donors (Lipinski definition) is 0. The van der Waals surface area contributed by atoms with Gasteiger partial charge in [-0.25, -0.2) is 0 Å². The zero-order valence-corrected chi connectivity index (χ0v) is 15.5. The molecule has 0 fully saturated rings. The third-order valence-corrected chi connectivity index (χ3v) is 5.53. The Labute approximate surface area is 154 Å². The van der Waals surface area contributed by atoms with Crippen LogP contribution in [0.3, 0.4) is 0 Å². The lowest BCUT2D eigenvalue weighted by Gasteiger charge is -2.22. The molecular weight excluding hydrogens is 312 g/mol. The van der Waals surface area contributed by atoms with Gasteiger partial charge in [0.2, 0.25) is 0 Å². The average molecular weight is 334 g/mol. The molecular formula is C26H22. The molecule has 0 spiro atoms. The van der Waals surface area contributed by atoms with Crippen molar-refractivity contribution in [2.75, 3.05) is 0 Å². The van der Waals surface area contributed by atoms with Crippen LogP contribution in [-0.4, -0.2) is 0 Å². The van der Waals surface area contributed by atoms with E-state index < -0.39 is 0 Å². The van der Waals surface area contributed by atoms with Gasteiger partial charge in [-0.1, -0.05) is 87.5 Å². The van der Waals surface area contributed by atoms with Crippen LogP contribution in [0.2, 0.25) is 0 Å². The molecule has 5 rings (SSSR count). The second kappa shape index (κ2) is 5.32. The monoisotopic (exact) mass is 334 g/mol. The maximum atomic E-state index is 2.41. The van der Waals surface area contributed by atoms with Crippen LogP contribution in [0.5, 0.6) is 0 Å². The Balaban J connectivity index is 2.03. The van der Waals surface area contributed by atoms with Crippen molar-refractivity contribution in [3.8, 4) is 0 Å². The van der Waals surface area contributed by atoms with Gasteiger partial charge in [-0.2, -0.15) is 0 Å². The lowest BCUT2D eigenvalue weighted by molar-refractivity contribution is 0.596. The minimum Gasteiger partial charge on any atom is -0.0616 e. The standard InChI is InChI=1S/C26H22/c1-26(2,3)24-10-6-8-18-12-14-20-15-19-13-11-17-7-4-5-9-21(17)22(19)16-23(20)25(18)24/h4-16H,1-3H3. The van der Waals surface area contributed by atoms with E-state index in [1.165, 1.54) is 48.7 Å². The Bertz CT molecular complexity index is 1300. The van der Waals surface area contributed by atoms with E-state index in [0.29, 0.717) is 0 Å². The molecule has 0 bridgehead atoms. The first kappa shape index (κ1) is 15.4. The first-order valence-corrected chi connectivity index (χ1v) is 9.30. The Morgan fingerprint density at radius 2 is 1.15 bits per heavy atom. The van der Waals surface area contributed by atoms with Crippen molar-refractivity contribution in [2.45, 2.75) is 26.2 Å². The van der Waals surface area contributed by atoms with Crippen molar-refractivity contribution in [1.29, 1.82) is 0 Å². The third-order valence-electron chi connectivity index (χ3n) is 5.53. The molecule has 0 heterocycles. The summed E-state index contributed by atoms with van der Waals surface area (Å²) in [6.07, 6.45) is 0. The van der Waals surface area contributed by atoms with Gasteiger partial charge >= 0.3 is 0 Å². The van der Waals surface area contributed by atoms with E-state index in [0.717, 1.165) is 0 Å². The molecule has 0 saturated heterocycles. The summed E-state index contributed by atoms with van der Waals surface area (Å²) in [5.41, 5.74) is 1.53. The van der Waals surface area contributed by atoms with E-state index in [4.69, 9.17) is 0 Å². The molecule has 0 unspecified atom stereocenters. The van der Waals surface area contributed by atoms with E-state index in [1.54, 1.807) is 0 Å². The van der Waals surface area contributed by atoms with Crippen LogP contribution in [0.4, 0.5) is 0 Å². The molecule has 0 saturated carbocycles. The summed E-state index contributed by atoms with van der Waals surface area (Å²) in [6, 6.07) is 29.1. The van der Waals surface area contributed by atoms with Crippen LogP contribution in [0.25, 0.3) is 43.1 Å². The molecule has 0 heteroatoms. The fourth-order valence-corrected chi connectivity index (χ4v) is 4.24. The van der Waals surface area contributed by atoms with Crippen molar-refractivity contribution in [3.05, 3.63) is 84.4 Å². The van der Waals surface area contributed by atoms with Gasteiger partial charge in [0, 0.05) is 0 Å². The Kier molecular flexibility index (Phi) is 3.15. The van der Waals surface area contributed by atoms with E-state index in [9.17, 15) is 0 Å². The summed E-state index contributed by atoms with van der Waals surface area (Å²) in [5, 5.41) is 10.7. The van der Waals surface area contributed by atoms with Crippen molar-refractivity contribution >= 4 is 43.1 Å². The highest BCUT2D eigenvalue weighted by atomic mass is 14.2. The maximum absolute atomic E-state index is 2.41. The van der Waals surface area contributed by atoms with Crippen molar-refractivity contribution in [3.63, 3.8) is 0 Å². The number of benzene rings is 5. The van der Waals surface area contributed by atoms with E-state index >= 15 is 0 Å². The fourth-order valence-electron chi connectivity index (χ4n) is 4.24. The smallest absolute Gasteiger partial charge is 0.00677 e. The third kappa shape index (κ3) is 2.22. The molecule has 5 aromatic rings. The van der Waals surface area contributed by atoms with E-state index in [2.05, 4.69) is 99.6 Å². The van der Waals surface area contributed by atoms with Gasteiger partial charge in [-0.3, -0.25) is 0 Å². The van der Waals surface area contributed by atoms with Gasteiger partial charge in [0.15, 0.2) is 0 Å². The summed E-state index contributed by atoms with van der Waals surface area (Å²) >= 11 is 0. The van der Waals surface area contributed by atoms with E-state index in [1.807, 2.05) is 0 Å². The molecule has 0 aliphatic heterocycles. The molecule has 0 aliphatic carbocycles. The second-order valence-electron chi connectivity index (χ2n) is 8.30. The molecule has 0 N–H and O–H groups in total. The second-order valence-corrected chi connectivity index (χ2v) is 8.30. The van der Waals surface area contributed by atoms with Crippen LogP contribution < -0.4 is 0 Å². The molecule has 0 nitrogen and oxygen atoms in total. The van der Waals surface area contributed by atoms with Gasteiger partial charge in [0.25, 0.3) is 0 Å². The molecule has 0 atom stereocenters. The highest BCUT2D eigenvalue weighted by Gasteiger charge is 2.18. The van der Waals surface area contributed by atoms with Crippen molar-refractivity contribution < 1.29 is 0 Å². The minimum atomic E-state index is 0.113. The fraction of sp³-hybridized carbons (Fsp3) is 0.154. The lowest BCUT2D eigenvalue weighted by Crippen LogP contribution is -2.11. The molecule has 26 heavy (non-hydrogen) atoms. The van der Waals surface area contributed by atoms with Crippen molar-refractivity contribution in [1.82, 2.24) is 0 Å². The molecule has 0 amide bonds. The Morgan fingerprint density at radius 1 is 0.500 bits per heavy atom. The van der Waals surface area contributed by atoms with Crippen LogP contribution in [0, 0.1) is 0 Å². The number of rotatable bonds is 0. The first-order valence-electron chi connectivity index (χ1n) is 9.30. The highest BCUT2D eigenvalue weighted by molar-refractivity contribution is 6.18. The largest absolute Gasteiger partial charge is 0.0616 e. The summed E-state index contributed by atoms with van der Waals surface area (Å²) in [5.74, 6) is 0. The summed E-state index contributed by atoms with van der Waals surface area (Å²) in [7, 11) is 0. The van der Waals surface area contributed by atoms with Gasteiger partial charge in [0.05, 0.1) is 0 Å². The zero-order valence-electron chi connectivity index (χ0n) is 15.5. The Morgan fingerprint density at radius 3 is 1.96 bits per heavy atom. The highest BCUT2D eigenvalue weighted by Crippen LogP contribution is 2.37. The number of fused-ring (bicyclic) bond motifs is 6. The van der Waals surface area contributed by atoms with Gasteiger partial charge < -0.3 is 0 Å². The molecule has 0 radical (unpaired) electrons. The van der Waals surface area contributed by atoms with Crippen molar-refractivity contribution in [2.24, 2.45) is 0 Å². The summed E-state index contributed by atoms with van der Waals surface area (Å²) < 4.78 is 0. The normalized spacial score (nSPS) is 12.4. The lowest BCUT2D eigenvalue weighted by atomic mass is 9.82. The van der Waals surface area contributed by atoms with Crippen LogP contribution >= 0.6 is 0 Å². The zero-order chi connectivity index (χ0) is 17.9. The molecule has 5 aromatic carbocycles. The maximum Gasteiger partial charge on any atom is -0.00677 e. The SMILES string of the molecule is CC(C)(C)c1cccc2ccc3cc4ccc5ccccc5c4cc3c12. The molecule has 0 aromatic heterocycles. The summed E-state index contributed by atoms with van der Waals surface area (Å²) in [4.78, 5) is 0. The molecule has 0 aliphatic rings. The minimum absolute atomic E-state index is 0.113. The van der Waals surface area contributed by atoms with Gasteiger partial charge in [-0.15, -0.1) is 0 Å². The quantitative estimate of drug-likeness (QED) is 0.202. The first-order chi connectivity index (χ1) is 12.5.